The molecule has 1 aliphatic rings. The SMILES string of the molecule is CCNC(c1ccc(C)c(Cl)c1)C1C(C)(C)C1(C)C. The van der Waals surface area contributed by atoms with Crippen molar-refractivity contribution in [2.24, 2.45) is 16.7 Å². The first-order valence-electron chi connectivity index (χ1n) is 7.23. The van der Waals surface area contributed by atoms with Crippen molar-refractivity contribution in [3.63, 3.8) is 0 Å². The Hall–Kier alpha value is -0.530. The standard InChI is InChI=1S/C17H26ClN/c1-7-19-14(15-16(3,4)17(15,5)6)12-9-8-11(2)13(18)10-12/h8-10,14-15,19H,7H2,1-6H3. The first kappa shape index (κ1) is 14.9. The lowest BCUT2D eigenvalue weighted by Crippen LogP contribution is -2.25. The zero-order valence-electron chi connectivity index (χ0n) is 13.0. The summed E-state index contributed by atoms with van der Waals surface area (Å²) in [4.78, 5) is 0. The van der Waals surface area contributed by atoms with Crippen LogP contribution < -0.4 is 5.32 Å². The van der Waals surface area contributed by atoms with Crippen LogP contribution in [0.5, 0.6) is 0 Å². The average molecular weight is 280 g/mol. The Morgan fingerprint density at radius 2 is 1.79 bits per heavy atom. The Balaban J connectivity index is 2.34. The number of hydrogen-bond acceptors (Lipinski definition) is 1. The third-order valence-corrected chi connectivity index (χ3v) is 5.85. The van der Waals surface area contributed by atoms with Crippen molar-refractivity contribution >= 4 is 11.6 Å². The van der Waals surface area contributed by atoms with E-state index >= 15 is 0 Å². The van der Waals surface area contributed by atoms with Gasteiger partial charge in [-0.2, -0.15) is 0 Å². The Morgan fingerprint density at radius 3 is 2.21 bits per heavy atom. The number of halogens is 1. The summed E-state index contributed by atoms with van der Waals surface area (Å²) in [5, 5.41) is 4.53. The highest BCUT2D eigenvalue weighted by Gasteiger charge is 2.67. The molecule has 0 bridgehead atoms. The van der Waals surface area contributed by atoms with Crippen LogP contribution in [-0.4, -0.2) is 6.54 Å². The fourth-order valence-corrected chi connectivity index (χ4v) is 3.72. The van der Waals surface area contributed by atoms with E-state index in [0.29, 0.717) is 22.8 Å². The Kier molecular flexibility index (Phi) is 3.75. The summed E-state index contributed by atoms with van der Waals surface area (Å²) in [6.45, 7) is 14.7. The molecule has 2 heteroatoms. The molecule has 1 atom stereocenters. The number of aryl methyl sites for hydroxylation is 1. The van der Waals surface area contributed by atoms with Gasteiger partial charge in [0.1, 0.15) is 0 Å². The molecule has 1 fully saturated rings. The van der Waals surface area contributed by atoms with Crippen LogP contribution in [0.3, 0.4) is 0 Å². The zero-order chi connectivity index (χ0) is 14.4. The van der Waals surface area contributed by atoms with Crippen molar-refractivity contribution in [2.45, 2.75) is 47.6 Å². The predicted molar refractivity (Wildman–Crippen MR) is 83.7 cm³/mol. The molecule has 0 heterocycles. The summed E-state index contributed by atoms with van der Waals surface area (Å²) in [7, 11) is 0. The Bertz CT molecular complexity index is 462. The molecule has 1 nitrogen and oxygen atoms in total. The van der Waals surface area contributed by atoms with Crippen LogP contribution in [0.25, 0.3) is 0 Å². The number of hydrogen-bond donors (Lipinski definition) is 1. The minimum atomic E-state index is 0.372. The largest absolute Gasteiger partial charge is 0.310 e. The molecule has 1 unspecified atom stereocenters. The third kappa shape index (κ3) is 2.32. The lowest BCUT2D eigenvalue weighted by Gasteiger charge is -2.21. The molecule has 0 aliphatic heterocycles. The van der Waals surface area contributed by atoms with Gasteiger partial charge in [0.15, 0.2) is 0 Å². The molecule has 2 rings (SSSR count). The molecule has 0 radical (unpaired) electrons. The molecule has 106 valence electrons. The highest BCUT2D eigenvalue weighted by atomic mass is 35.5. The smallest absolute Gasteiger partial charge is 0.0438 e. The minimum absolute atomic E-state index is 0.372. The highest BCUT2D eigenvalue weighted by Crippen LogP contribution is 2.72. The van der Waals surface area contributed by atoms with E-state index in [1.165, 1.54) is 5.56 Å². The fourth-order valence-electron chi connectivity index (χ4n) is 3.53. The predicted octanol–water partition coefficient (Wildman–Crippen LogP) is 4.98. The molecule has 0 aromatic heterocycles. The highest BCUT2D eigenvalue weighted by molar-refractivity contribution is 6.31. The van der Waals surface area contributed by atoms with Crippen LogP contribution in [0.4, 0.5) is 0 Å². The maximum atomic E-state index is 6.30. The summed E-state index contributed by atoms with van der Waals surface area (Å²) in [5.74, 6) is 0.652. The molecule has 19 heavy (non-hydrogen) atoms. The molecule has 1 aliphatic carbocycles. The van der Waals surface area contributed by atoms with Crippen LogP contribution in [0.1, 0.15) is 51.8 Å². The summed E-state index contributed by atoms with van der Waals surface area (Å²) < 4.78 is 0. The monoisotopic (exact) mass is 279 g/mol. The first-order valence-corrected chi connectivity index (χ1v) is 7.60. The molecular formula is C17H26ClN. The van der Waals surface area contributed by atoms with Crippen molar-refractivity contribution in [1.29, 1.82) is 0 Å². The second kappa shape index (κ2) is 4.79. The molecular weight excluding hydrogens is 254 g/mol. The van der Waals surface area contributed by atoms with Crippen molar-refractivity contribution < 1.29 is 0 Å². The summed E-state index contributed by atoms with van der Waals surface area (Å²) in [5.41, 5.74) is 3.21. The van der Waals surface area contributed by atoms with Gasteiger partial charge in [0.25, 0.3) is 0 Å². The van der Waals surface area contributed by atoms with Gasteiger partial charge in [-0.3, -0.25) is 0 Å². The van der Waals surface area contributed by atoms with Crippen molar-refractivity contribution in [3.05, 3.63) is 34.3 Å². The fraction of sp³-hybridized carbons (Fsp3) is 0.647. The van der Waals surface area contributed by atoms with Gasteiger partial charge in [-0.25, -0.2) is 0 Å². The van der Waals surface area contributed by atoms with Gasteiger partial charge in [0, 0.05) is 11.1 Å². The van der Waals surface area contributed by atoms with E-state index in [0.717, 1.165) is 17.1 Å². The van der Waals surface area contributed by atoms with Gasteiger partial charge in [-0.05, 0) is 47.4 Å². The van der Waals surface area contributed by atoms with Crippen molar-refractivity contribution in [3.8, 4) is 0 Å². The van der Waals surface area contributed by atoms with Gasteiger partial charge in [-0.15, -0.1) is 0 Å². The summed E-state index contributed by atoms with van der Waals surface area (Å²) >= 11 is 6.30. The lowest BCUT2D eigenvalue weighted by atomic mass is 9.95. The second-order valence-corrected chi connectivity index (χ2v) is 7.37. The van der Waals surface area contributed by atoms with Gasteiger partial charge in [0.05, 0.1) is 0 Å². The summed E-state index contributed by atoms with van der Waals surface area (Å²) in [6, 6.07) is 6.88. The quantitative estimate of drug-likeness (QED) is 0.819. The van der Waals surface area contributed by atoms with E-state index < -0.39 is 0 Å². The Labute approximate surface area is 122 Å². The van der Waals surface area contributed by atoms with Crippen LogP contribution >= 0.6 is 11.6 Å². The maximum Gasteiger partial charge on any atom is 0.0438 e. The van der Waals surface area contributed by atoms with E-state index in [1.807, 2.05) is 0 Å². The maximum absolute atomic E-state index is 6.30. The van der Waals surface area contributed by atoms with E-state index in [9.17, 15) is 0 Å². The van der Waals surface area contributed by atoms with E-state index in [-0.39, 0.29) is 0 Å². The normalized spacial score (nSPS) is 22.3. The van der Waals surface area contributed by atoms with E-state index in [4.69, 9.17) is 11.6 Å². The van der Waals surface area contributed by atoms with Crippen LogP contribution in [0.15, 0.2) is 18.2 Å². The zero-order valence-corrected chi connectivity index (χ0v) is 13.7. The third-order valence-electron chi connectivity index (χ3n) is 5.44. The summed E-state index contributed by atoms with van der Waals surface area (Å²) in [6.07, 6.45) is 0. The van der Waals surface area contributed by atoms with Crippen LogP contribution in [0.2, 0.25) is 5.02 Å². The second-order valence-electron chi connectivity index (χ2n) is 6.97. The molecule has 1 aromatic rings. The topological polar surface area (TPSA) is 12.0 Å². The lowest BCUT2D eigenvalue weighted by molar-refractivity contribution is 0.418. The molecule has 1 N–H and O–H groups in total. The first-order chi connectivity index (χ1) is 8.73. The molecule has 0 amide bonds. The number of nitrogens with one attached hydrogen (secondary N) is 1. The molecule has 1 aromatic carbocycles. The van der Waals surface area contributed by atoms with Crippen LogP contribution in [-0.2, 0) is 0 Å². The van der Waals surface area contributed by atoms with Crippen molar-refractivity contribution in [2.75, 3.05) is 6.54 Å². The van der Waals surface area contributed by atoms with Gasteiger partial charge in [-0.1, -0.05) is 58.4 Å². The van der Waals surface area contributed by atoms with Gasteiger partial charge < -0.3 is 5.32 Å². The molecule has 1 saturated carbocycles. The average Bonchev–Trinajstić information content (AvgIpc) is 2.71. The van der Waals surface area contributed by atoms with Crippen LogP contribution in [0, 0.1) is 23.7 Å². The Morgan fingerprint density at radius 1 is 1.21 bits per heavy atom. The molecule has 0 saturated heterocycles. The molecule has 0 spiro atoms. The minimum Gasteiger partial charge on any atom is -0.310 e. The van der Waals surface area contributed by atoms with E-state index in [2.05, 4.69) is 65.1 Å². The van der Waals surface area contributed by atoms with Gasteiger partial charge >= 0.3 is 0 Å². The number of rotatable bonds is 4. The van der Waals surface area contributed by atoms with Crippen molar-refractivity contribution in [1.82, 2.24) is 5.32 Å². The number of benzene rings is 1. The van der Waals surface area contributed by atoms with E-state index in [1.54, 1.807) is 0 Å². The van der Waals surface area contributed by atoms with Gasteiger partial charge in [0.2, 0.25) is 0 Å².